The summed E-state index contributed by atoms with van der Waals surface area (Å²) in [6, 6.07) is 5.84. The molecule has 0 aromatic heterocycles. The highest BCUT2D eigenvalue weighted by molar-refractivity contribution is 9.11. The van der Waals surface area contributed by atoms with E-state index in [4.69, 9.17) is 18.0 Å². The van der Waals surface area contributed by atoms with Crippen LogP contribution in [0.4, 0.5) is 0 Å². The van der Waals surface area contributed by atoms with Crippen molar-refractivity contribution in [3.8, 4) is 0 Å². The molecule has 0 bridgehead atoms. The van der Waals surface area contributed by atoms with E-state index in [-0.39, 0.29) is 11.9 Å². The summed E-state index contributed by atoms with van der Waals surface area (Å²) < 4.78 is 1.67. The van der Waals surface area contributed by atoms with Gasteiger partial charge in [-0.15, -0.1) is 0 Å². The molecule has 20 heavy (non-hydrogen) atoms. The van der Waals surface area contributed by atoms with Crippen molar-refractivity contribution in [1.29, 1.82) is 0 Å². The first-order valence-corrected chi connectivity index (χ1v) is 8.53. The van der Waals surface area contributed by atoms with Gasteiger partial charge < -0.3 is 10.6 Å². The smallest absolute Gasteiger partial charge is 0.255 e. The van der Waals surface area contributed by atoms with Gasteiger partial charge >= 0.3 is 0 Å². The fraction of sp³-hybridized carbons (Fsp3) is 0.429. The van der Waals surface area contributed by atoms with Crippen LogP contribution in [0.25, 0.3) is 0 Å². The second-order valence-electron chi connectivity index (χ2n) is 4.96. The molecular formula is C14H16Br2N2OS. The zero-order chi connectivity index (χ0) is 14.7. The Morgan fingerprint density at radius 3 is 2.60 bits per heavy atom. The zero-order valence-electron chi connectivity index (χ0n) is 10.9. The first-order valence-electron chi connectivity index (χ1n) is 6.53. The SMILES string of the molecule is NC(=S)CN(C(=O)c1cc(Br)ccc1Br)C1CCCC1. The summed E-state index contributed by atoms with van der Waals surface area (Å²) in [5, 5.41) is 0. The number of amides is 1. The monoisotopic (exact) mass is 418 g/mol. The van der Waals surface area contributed by atoms with Crippen molar-refractivity contribution in [2.75, 3.05) is 6.54 Å². The maximum absolute atomic E-state index is 12.8. The van der Waals surface area contributed by atoms with Crippen LogP contribution in [0, 0.1) is 0 Å². The number of hydrogen-bond acceptors (Lipinski definition) is 2. The van der Waals surface area contributed by atoms with E-state index in [2.05, 4.69) is 31.9 Å². The average Bonchev–Trinajstić information content (AvgIpc) is 2.91. The van der Waals surface area contributed by atoms with Crippen molar-refractivity contribution in [3.63, 3.8) is 0 Å². The van der Waals surface area contributed by atoms with E-state index in [1.165, 1.54) is 0 Å². The third kappa shape index (κ3) is 3.80. The third-order valence-corrected chi connectivity index (χ3v) is 4.83. The molecule has 108 valence electrons. The Balaban J connectivity index is 2.29. The largest absolute Gasteiger partial charge is 0.392 e. The first kappa shape index (κ1) is 15.9. The van der Waals surface area contributed by atoms with Gasteiger partial charge in [-0.25, -0.2) is 0 Å². The highest BCUT2D eigenvalue weighted by Gasteiger charge is 2.28. The Labute approximate surface area is 141 Å². The van der Waals surface area contributed by atoms with Crippen LogP contribution >= 0.6 is 44.1 Å². The van der Waals surface area contributed by atoms with Crippen LogP contribution in [0.1, 0.15) is 36.0 Å². The summed E-state index contributed by atoms with van der Waals surface area (Å²) in [5.74, 6) is -0.0159. The van der Waals surface area contributed by atoms with E-state index >= 15 is 0 Å². The number of rotatable bonds is 4. The molecule has 1 fully saturated rings. The van der Waals surface area contributed by atoms with E-state index in [0.717, 1.165) is 34.6 Å². The molecule has 1 aromatic rings. The molecule has 0 saturated heterocycles. The van der Waals surface area contributed by atoms with Crippen LogP contribution in [-0.2, 0) is 0 Å². The summed E-state index contributed by atoms with van der Waals surface area (Å²) in [5.41, 5.74) is 6.30. The Kier molecular flexibility index (Phi) is 5.57. The molecule has 1 aliphatic carbocycles. The number of halogens is 2. The fourth-order valence-corrected chi connectivity index (χ4v) is 3.48. The predicted octanol–water partition coefficient (Wildman–Crippen LogP) is 3.88. The molecule has 0 spiro atoms. The van der Waals surface area contributed by atoms with E-state index < -0.39 is 0 Å². The second-order valence-corrected chi connectivity index (χ2v) is 7.26. The number of carbonyl (C=O) groups is 1. The van der Waals surface area contributed by atoms with Gasteiger partial charge in [0.15, 0.2) is 0 Å². The molecule has 6 heteroatoms. The van der Waals surface area contributed by atoms with Gasteiger partial charge in [-0.2, -0.15) is 0 Å². The van der Waals surface area contributed by atoms with Crippen LogP contribution in [-0.4, -0.2) is 28.4 Å². The Morgan fingerprint density at radius 2 is 2.00 bits per heavy atom. The van der Waals surface area contributed by atoms with Gasteiger partial charge in [-0.05, 0) is 47.0 Å². The molecule has 0 heterocycles. The van der Waals surface area contributed by atoms with Crippen molar-refractivity contribution in [2.24, 2.45) is 5.73 Å². The molecule has 2 N–H and O–H groups in total. The minimum absolute atomic E-state index is 0.0159. The number of hydrogen-bond donors (Lipinski definition) is 1. The molecule has 1 aliphatic rings. The first-order chi connectivity index (χ1) is 9.49. The van der Waals surface area contributed by atoms with E-state index in [1.807, 2.05) is 23.1 Å². The number of nitrogens with zero attached hydrogens (tertiary/aromatic N) is 1. The highest BCUT2D eigenvalue weighted by Crippen LogP contribution is 2.28. The molecule has 1 saturated carbocycles. The lowest BCUT2D eigenvalue weighted by molar-refractivity contribution is 0.0713. The topological polar surface area (TPSA) is 46.3 Å². The van der Waals surface area contributed by atoms with Crippen LogP contribution < -0.4 is 5.73 Å². The lowest BCUT2D eigenvalue weighted by Gasteiger charge is -2.29. The molecule has 1 aromatic carbocycles. The molecule has 1 amide bonds. The van der Waals surface area contributed by atoms with Gasteiger partial charge in [0.2, 0.25) is 0 Å². The summed E-state index contributed by atoms with van der Waals surface area (Å²) in [6.45, 7) is 0.345. The predicted molar refractivity (Wildman–Crippen MR) is 91.9 cm³/mol. The Bertz CT molecular complexity index is 530. The molecule has 0 aliphatic heterocycles. The third-order valence-electron chi connectivity index (χ3n) is 3.51. The number of carbonyl (C=O) groups excluding carboxylic acids is 1. The van der Waals surface area contributed by atoms with Gasteiger partial charge in [-0.3, -0.25) is 4.79 Å². The minimum Gasteiger partial charge on any atom is -0.392 e. The van der Waals surface area contributed by atoms with Crippen LogP contribution in [0.5, 0.6) is 0 Å². The van der Waals surface area contributed by atoms with Crippen LogP contribution in [0.2, 0.25) is 0 Å². The van der Waals surface area contributed by atoms with Gasteiger partial charge in [0.05, 0.1) is 17.1 Å². The Morgan fingerprint density at radius 1 is 1.35 bits per heavy atom. The highest BCUT2D eigenvalue weighted by atomic mass is 79.9. The van der Waals surface area contributed by atoms with Crippen LogP contribution in [0.3, 0.4) is 0 Å². The molecule has 3 nitrogen and oxygen atoms in total. The number of thiocarbonyl (C=S) groups is 1. The second kappa shape index (κ2) is 7.00. The van der Waals surface area contributed by atoms with Gasteiger partial charge in [-0.1, -0.05) is 41.0 Å². The van der Waals surface area contributed by atoms with Gasteiger partial charge in [0.1, 0.15) is 0 Å². The van der Waals surface area contributed by atoms with Gasteiger partial charge in [0, 0.05) is 15.0 Å². The fourth-order valence-electron chi connectivity index (χ4n) is 2.57. The van der Waals surface area contributed by atoms with Crippen molar-refractivity contribution < 1.29 is 4.79 Å². The van der Waals surface area contributed by atoms with Crippen LogP contribution in [0.15, 0.2) is 27.1 Å². The number of benzene rings is 1. The summed E-state index contributed by atoms with van der Waals surface area (Å²) in [4.78, 5) is 15.0. The lowest BCUT2D eigenvalue weighted by atomic mass is 10.1. The molecule has 0 radical (unpaired) electrons. The number of nitrogens with two attached hydrogens (primary N) is 1. The van der Waals surface area contributed by atoms with Crippen molar-refractivity contribution in [3.05, 3.63) is 32.7 Å². The molecule has 0 unspecified atom stereocenters. The minimum atomic E-state index is -0.0159. The Hall–Kier alpha value is -0.460. The molecule has 0 atom stereocenters. The lowest BCUT2D eigenvalue weighted by Crippen LogP contribution is -2.43. The molecular weight excluding hydrogens is 404 g/mol. The maximum atomic E-state index is 12.8. The summed E-state index contributed by atoms with van der Waals surface area (Å²) in [6.07, 6.45) is 4.37. The maximum Gasteiger partial charge on any atom is 0.255 e. The van der Waals surface area contributed by atoms with Gasteiger partial charge in [0.25, 0.3) is 5.91 Å². The van der Waals surface area contributed by atoms with Crippen molar-refractivity contribution in [2.45, 2.75) is 31.7 Å². The molecule has 2 rings (SSSR count). The summed E-state index contributed by atoms with van der Waals surface area (Å²) >= 11 is 11.8. The average molecular weight is 420 g/mol. The van der Waals surface area contributed by atoms with Crippen molar-refractivity contribution in [1.82, 2.24) is 4.90 Å². The quantitative estimate of drug-likeness (QED) is 0.753. The van der Waals surface area contributed by atoms with E-state index in [0.29, 0.717) is 17.1 Å². The van der Waals surface area contributed by atoms with Crippen molar-refractivity contribution >= 4 is 55.0 Å². The van der Waals surface area contributed by atoms with E-state index in [9.17, 15) is 4.79 Å². The van der Waals surface area contributed by atoms with E-state index in [1.54, 1.807) is 0 Å². The standard InChI is InChI=1S/C14H16Br2N2OS/c15-9-5-6-12(16)11(7-9)14(19)18(8-13(17)20)10-3-1-2-4-10/h5-7,10H,1-4,8H2,(H2,17,20). The zero-order valence-corrected chi connectivity index (χ0v) is 14.9. The summed E-state index contributed by atoms with van der Waals surface area (Å²) in [7, 11) is 0. The normalized spacial score (nSPS) is 15.3.